The maximum atomic E-state index is 4.90. The van der Waals surface area contributed by atoms with Crippen molar-refractivity contribution in [3.8, 4) is 0 Å². The van der Waals surface area contributed by atoms with E-state index in [9.17, 15) is 0 Å². The molecule has 0 aliphatic rings. The number of hydrogen-bond donors (Lipinski definition) is 6. The molecule has 83 valence electrons. The number of rotatable bonds is 3. The Kier molecular flexibility index (Phi) is 70.9. The van der Waals surface area contributed by atoms with Crippen molar-refractivity contribution in [2.24, 2.45) is 34.4 Å². The predicted molar refractivity (Wildman–Crippen MR) is 54.3 cm³/mol. The van der Waals surface area contributed by atoms with Crippen LogP contribution in [0.25, 0.3) is 0 Å². The average molecular weight is 235 g/mol. The van der Waals surface area contributed by atoms with Crippen LogP contribution in [0, 0.1) is 0 Å². The van der Waals surface area contributed by atoms with Crippen LogP contribution in [0.2, 0.25) is 0 Å². The second-order valence-corrected chi connectivity index (χ2v) is 1.73. The molecular weight excluding hydrogens is 211 g/mol. The van der Waals surface area contributed by atoms with Crippen molar-refractivity contribution >= 4 is 0 Å². The van der Waals surface area contributed by atoms with Crippen molar-refractivity contribution in [1.82, 2.24) is 0 Å². The fraction of sp³-hybridized carbons (Fsp3) is 1.00. The zero-order valence-electron chi connectivity index (χ0n) is 8.08. The van der Waals surface area contributed by atoms with E-state index in [4.69, 9.17) is 34.4 Å². The normalized spacial score (nSPS) is 6.92. The molecule has 0 bridgehead atoms. The van der Waals surface area contributed by atoms with Gasteiger partial charge in [0, 0.05) is 39.3 Å². The molecule has 0 fully saturated rings. The van der Waals surface area contributed by atoms with Gasteiger partial charge in [0.2, 0.25) is 0 Å². The molecule has 0 aliphatic carbocycles. The van der Waals surface area contributed by atoms with E-state index < -0.39 is 0 Å². The van der Waals surface area contributed by atoms with Crippen LogP contribution in [0.5, 0.6) is 0 Å². The maximum Gasteiger partial charge on any atom is 2.00 e. The minimum Gasteiger partial charge on any atom is -0.329 e. The summed E-state index contributed by atoms with van der Waals surface area (Å²) >= 11 is 0. The SMILES string of the molecule is NCCN.NCCN.NCCN.[Mn+2]. The van der Waals surface area contributed by atoms with Crippen molar-refractivity contribution in [2.75, 3.05) is 39.3 Å². The molecule has 0 atom stereocenters. The zero-order chi connectivity index (χ0) is 10.2. The van der Waals surface area contributed by atoms with Crippen molar-refractivity contribution in [3.63, 3.8) is 0 Å². The first kappa shape index (κ1) is 23.3. The molecule has 0 rings (SSSR count). The molecule has 12 N–H and O–H groups in total. The standard InChI is InChI=1S/3C2H8N2.Mn/c3*3-1-2-4;/h3*1-4H2;/q;;;+2. The fourth-order valence-electron chi connectivity index (χ4n) is 0. The Morgan fingerprint density at radius 3 is 0.462 bits per heavy atom. The van der Waals surface area contributed by atoms with Crippen LogP contribution >= 0.6 is 0 Å². The van der Waals surface area contributed by atoms with E-state index >= 15 is 0 Å². The van der Waals surface area contributed by atoms with Crippen molar-refractivity contribution < 1.29 is 17.1 Å². The van der Waals surface area contributed by atoms with Gasteiger partial charge in [0.15, 0.2) is 0 Å². The minimum absolute atomic E-state index is 0. The van der Waals surface area contributed by atoms with Crippen LogP contribution in [0.3, 0.4) is 0 Å². The van der Waals surface area contributed by atoms with Crippen LogP contribution in [0.15, 0.2) is 0 Å². The Bertz CT molecular complexity index is 32.6. The summed E-state index contributed by atoms with van der Waals surface area (Å²) in [7, 11) is 0. The van der Waals surface area contributed by atoms with Gasteiger partial charge >= 0.3 is 17.1 Å². The van der Waals surface area contributed by atoms with Crippen molar-refractivity contribution in [2.45, 2.75) is 0 Å². The smallest absolute Gasteiger partial charge is 0.329 e. The summed E-state index contributed by atoms with van der Waals surface area (Å²) in [5, 5.41) is 0. The van der Waals surface area contributed by atoms with Crippen LogP contribution in [-0.2, 0) is 17.1 Å². The molecule has 13 heavy (non-hydrogen) atoms. The van der Waals surface area contributed by atoms with Crippen LogP contribution in [0.4, 0.5) is 0 Å². The molecule has 0 aromatic carbocycles. The van der Waals surface area contributed by atoms with Gasteiger partial charge in [-0.05, 0) is 0 Å². The van der Waals surface area contributed by atoms with Gasteiger partial charge in [0.05, 0.1) is 0 Å². The van der Waals surface area contributed by atoms with Gasteiger partial charge < -0.3 is 34.4 Å². The quantitative estimate of drug-likeness (QED) is 0.281. The number of hydrogen-bond acceptors (Lipinski definition) is 6. The molecule has 0 heterocycles. The van der Waals surface area contributed by atoms with E-state index in [-0.39, 0.29) is 17.1 Å². The largest absolute Gasteiger partial charge is 2.00 e. The van der Waals surface area contributed by atoms with Crippen molar-refractivity contribution in [3.05, 3.63) is 0 Å². The minimum atomic E-state index is 0. The molecule has 1 radical (unpaired) electrons. The Labute approximate surface area is 91.2 Å². The van der Waals surface area contributed by atoms with Crippen LogP contribution < -0.4 is 34.4 Å². The Morgan fingerprint density at radius 2 is 0.462 bits per heavy atom. The van der Waals surface area contributed by atoms with Gasteiger partial charge in [-0.2, -0.15) is 0 Å². The molecule has 0 spiro atoms. The van der Waals surface area contributed by atoms with Gasteiger partial charge in [0.1, 0.15) is 0 Å². The molecule has 0 saturated carbocycles. The van der Waals surface area contributed by atoms with Gasteiger partial charge in [-0.1, -0.05) is 0 Å². The Balaban J connectivity index is -0.0000000450. The second kappa shape index (κ2) is 39.6. The summed E-state index contributed by atoms with van der Waals surface area (Å²) in [5.74, 6) is 0. The predicted octanol–water partition coefficient (Wildman–Crippen LogP) is -3.29. The molecule has 7 heteroatoms. The average Bonchev–Trinajstić information content (AvgIpc) is 2.18. The van der Waals surface area contributed by atoms with E-state index in [1.54, 1.807) is 0 Å². The van der Waals surface area contributed by atoms with Crippen molar-refractivity contribution in [1.29, 1.82) is 0 Å². The first-order valence-corrected chi connectivity index (χ1v) is 3.95. The summed E-state index contributed by atoms with van der Waals surface area (Å²) in [6, 6.07) is 0. The third kappa shape index (κ3) is 121. The van der Waals surface area contributed by atoms with Crippen LogP contribution in [-0.4, -0.2) is 39.3 Å². The maximum absolute atomic E-state index is 4.90. The van der Waals surface area contributed by atoms with Gasteiger partial charge in [-0.3, -0.25) is 0 Å². The summed E-state index contributed by atoms with van der Waals surface area (Å²) in [6.45, 7) is 3.58. The Morgan fingerprint density at radius 1 is 0.385 bits per heavy atom. The van der Waals surface area contributed by atoms with Gasteiger partial charge in [0.25, 0.3) is 0 Å². The number of nitrogens with two attached hydrogens (primary N) is 6. The van der Waals surface area contributed by atoms with E-state index in [0.717, 1.165) is 0 Å². The molecule has 0 aliphatic heterocycles. The third-order valence-electron chi connectivity index (χ3n) is 0.500. The summed E-state index contributed by atoms with van der Waals surface area (Å²) < 4.78 is 0. The van der Waals surface area contributed by atoms with E-state index in [2.05, 4.69) is 0 Å². The van der Waals surface area contributed by atoms with E-state index in [1.165, 1.54) is 0 Å². The Hall–Kier alpha value is 0.279. The molecule has 0 aromatic rings. The van der Waals surface area contributed by atoms with Crippen LogP contribution in [0.1, 0.15) is 0 Å². The fourth-order valence-corrected chi connectivity index (χ4v) is 0. The molecule has 0 saturated heterocycles. The summed E-state index contributed by atoms with van der Waals surface area (Å²) in [5.41, 5.74) is 29.4. The molecule has 6 nitrogen and oxygen atoms in total. The first-order chi connectivity index (χ1) is 5.74. The monoisotopic (exact) mass is 235 g/mol. The first-order valence-electron chi connectivity index (χ1n) is 3.95. The van der Waals surface area contributed by atoms with E-state index in [1.807, 2.05) is 0 Å². The van der Waals surface area contributed by atoms with Gasteiger partial charge in [-0.15, -0.1) is 0 Å². The summed E-state index contributed by atoms with van der Waals surface area (Å²) in [6.07, 6.45) is 0. The zero-order valence-corrected chi connectivity index (χ0v) is 9.27. The molecular formula is C6H24MnN6+2. The second-order valence-electron chi connectivity index (χ2n) is 1.73. The molecule has 0 amide bonds. The molecule has 0 unspecified atom stereocenters. The topological polar surface area (TPSA) is 156 Å². The van der Waals surface area contributed by atoms with E-state index in [0.29, 0.717) is 39.3 Å². The molecule has 0 aromatic heterocycles. The summed E-state index contributed by atoms with van der Waals surface area (Å²) in [4.78, 5) is 0. The van der Waals surface area contributed by atoms with Gasteiger partial charge in [-0.25, -0.2) is 0 Å². The third-order valence-corrected chi connectivity index (χ3v) is 0.500.